The Bertz CT molecular complexity index is 806. The maximum absolute atomic E-state index is 12.8. The second-order valence-corrected chi connectivity index (χ2v) is 8.31. The predicted octanol–water partition coefficient (Wildman–Crippen LogP) is 5.16. The number of aryl methyl sites for hydroxylation is 1. The minimum absolute atomic E-state index is 0.0986. The maximum Gasteiger partial charge on any atom is 0.410 e. The van der Waals surface area contributed by atoms with E-state index in [1.54, 1.807) is 0 Å². The van der Waals surface area contributed by atoms with Crippen molar-refractivity contribution in [2.75, 3.05) is 0 Å². The minimum atomic E-state index is -0.226. The molecule has 2 fully saturated rings. The summed E-state index contributed by atoms with van der Waals surface area (Å²) >= 11 is 0. The number of carbonyl (C=O) groups excluding carboxylic acids is 2. The third-order valence-electron chi connectivity index (χ3n) is 6.34. The third-order valence-corrected chi connectivity index (χ3v) is 6.34. The van der Waals surface area contributed by atoms with E-state index in [9.17, 15) is 9.59 Å². The smallest absolute Gasteiger partial charge is 0.410 e. The average Bonchev–Trinajstić information content (AvgIpc) is 3.03. The summed E-state index contributed by atoms with van der Waals surface area (Å²) in [7, 11) is 0. The molecule has 0 N–H and O–H groups in total. The number of hydrogen-bond acceptors (Lipinski definition) is 3. The van der Waals surface area contributed by atoms with Gasteiger partial charge in [-0.3, -0.25) is 4.79 Å². The fourth-order valence-corrected chi connectivity index (χ4v) is 4.85. The van der Waals surface area contributed by atoms with Crippen LogP contribution in [0.3, 0.4) is 0 Å². The minimum Gasteiger partial charge on any atom is -0.445 e. The first-order valence-corrected chi connectivity index (χ1v) is 10.8. The molecule has 2 heterocycles. The Morgan fingerprint density at radius 2 is 1.45 bits per heavy atom. The molecule has 2 saturated heterocycles. The van der Waals surface area contributed by atoms with Gasteiger partial charge in [0.25, 0.3) is 0 Å². The summed E-state index contributed by atoms with van der Waals surface area (Å²) in [4.78, 5) is 27.3. The highest BCUT2D eigenvalue weighted by Crippen LogP contribution is 2.40. The number of benzene rings is 2. The second kappa shape index (κ2) is 9.25. The van der Waals surface area contributed by atoms with Crippen molar-refractivity contribution in [1.82, 2.24) is 4.90 Å². The molecule has 0 aromatic heterocycles. The van der Waals surface area contributed by atoms with E-state index >= 15 is 0 Å². The van der Waals surface area contributed by atoms with Gasteiger partial charge in [0, 0.05) is 24.4 Å². The van der Waals surface area contributed by atoms with Crippen molar-refractivity contribution < 1.29 is 14.3 Å². The Kier molecular flexibility index (Phi) is 6.28. The number of fused-ring (bicyclic) bond motifs is 2. The van der Waals surface area contributed by atoms with Gasteiger partial charge in [0.05, 0.1) is 0 Å². The number of Topliss-reactive ketones (excluding diaryl/α,β-unsaturated/α-hetero) is 1. The quantitative estimate of drug-likeness (QED) is 0.655. The number of hydrogen-bond donors (Lipinski definition) is 0. The Morgan fingerprint density at radius 1 is 0.862 bits per heavy atom. The normalized spacial score (nSPS) is 23.0. The molecule has 0 spiro atoms. The highest BCUT2D eigenvalue weighted by molar-refractivity contribution is 5.81. The van der Waals surface area contributed by atoms with Crippen molar-refractivity contribution >= 4 is 11.9 Å². The Balaban J connectivity index is 1.26. The summed E-state index contributed by atoms with van der Waals surface area (Å²) in [6.07, 6.45) is 5.82. The fraction of sp³-hybridized carbons (Fsp3) is 0.440. The number of carbonyl (C=O) groups is 2. The standard InChI is InChI=1S/C25H29NO3/c27-24(13-7-12-19-8-3-1-4-9-19)21-16-22-14-15-23(17-21)26(22)25(28)29-18-20-10-5-2-6-11-20/h1-6,8-11,21-23H,7,12-18H2. The molecule has 2 bridgehead atoms. The summed E-state index contributed by atoms with van der Waals surface area (Å²) in [5.41, 5.74) is 2.29. The monoisotopic (exact) mass is 391 g/mol. The molecule has 29 heavy (non-hydrogen) atoms. The van der Waals surface area contributed by atoms with Gasteiger partial charge in [0.15, 0.2) is 0 Å². The van der Waals surface area contributed by atoms with Gasteiger partial charge in [-0.1, -0.05) is 60.7 Å². The lowest BCUT2D eigenvalue weighted by Crippen LogP contribution is -2.48. The highest BCUT2D eigenvalue weighted by Gasteiger charge is 2.45. The van der Waals surface area contributed by atoms with Crippen LogP contribution < -0.4 is 0 Å². The summed E-state index contributed by atoms with van der Waals surface area (Å²) in [5, 5.41) is 0. The van der Waals surface area contributed by atoms with Crippen LogP contribution in [0.25, 0.3) is 0 Å². The van der Waals surface area contributed by atoms with Crippen LogP contribution in [0.1, 0.15) is 49.7 Å². The van der Waals surface area contributed by atoms with Crippen LogP contribution in [0.2, 0.25) is 0 Å². The topological polar surface area (TPSA) is 46.6 Å². The molecule has 152 valence electrons. The highest BCUT2D eigenvalue weighted by atomic mass is 16.6. The van der Waals surface area contributed by atoms with E-state index in [1.807, 2.05) is 53.4 Å². The van der Waals surface area contributed by atoms with Crippen molar-refractivity contribution in [3.63, 3.8) is 0 Å². The summed E-state index contributed by atoms with van der Waals surface area (Å²) in [6.45, 7) is 0.303. The van der Waals surface area contributed by atoms with Gasteiger partial charge >= 0.3 is 6.09 Å². The van der Waals surface area contributed by atoms with E-state index in [4.69, 9.17) is 4.74 Å². The summed E-state index contributed by atoms with van der Waals surface area (Å²) < 4.78 is 5.56. The van der Waals surface area contributed by atoms with Crippen molar-refractivity contribution in [3.05, 3.63) is 71.8 Å². The molecule has 2 aromatic carbocycles. The summed E-state index contributed by atoms with van der Waals surface area (Å²) in [6, 6.07) is 20.4. The Hall–Kier alpha value is -2.62. The van der Waals surface area contributed by atoms with Gasteiger partial charge in [-0.05, 0) is 49.7 Å². The lowest BCUT2D eigenvalue weighted by atomic mass is 9.85. The first-order chi connectivity index (χ1) is 14.2. The van der Waals surface area contributed by atoms with Crippen LogP contribution in [-0.2, 0) is 22.6 Å². The number of ether oxygens (including phenoxy) is 1. The number of nitrogens with zero attached hydrogens (tertiary/aromatic N) is 1. The number of piperidine rings is 1. The number of ketones is 1. The second-order valence-electron chi connectivity index (χ2n) is 8.31. The average molecular weight is 392 g/mol. The van der Waals surface area contributed by atoms with E-state index in [2.05, 4.69) is 12.1 Å². The first-order valence-electron chi connectivity index (χ1n) is 10.8. The Morgan fingerprint density at radius 3 is 2.07 bits per heavy atom. The molecule has 1 amide bonds. The molecule has 4 nitrogen and oxygen atoms in total. The van der Waals surface area contributed by atoms with Gasteiger partial charge in [-0.2, -0.15) is 0 Å². The lowest BCUT2D eigenvalue weighted by Gasteiger charge is -2.37. The zero-order chi connectivity index (χ0) is 20.1. The molecule has 2 aliphatic rings. The van der Waals surface area contributed by atoms with Gasteiger partial charge in [0.1, 0.15) is 12.4 Å². The fourth-order valence-electron chi connectivity index (χ4n) is 4.85. The molecule has 2 aromatic rings. The van der Waals surface area contributed by atoms with Gasteiger partial charge in [0.2, 0.25) is 0 Å². The summed E-state index contributed by atoms with van der Waals surface area (Å²) in [5.74, 6) is 0.469. The van der Waals surface area contributed by atoms with Crippen molar-refractivity contribution in [1.29, 1.82) is 0 Å². The van der Waals surface area contributed by atoms with Crippen LogP contribution in [-0.4, -0.2) is 28.9 Å². The Labute approximate surface area is 172 Å². The SMILES string of the molecule is O=C(CCCc1ccccc1)C1CC2CCC(C1)N2C(=O)OCc1ccccc1. The first kappa shape index (κ1) is 19.7. The van der Waals surface area contributed by atoms with E-state index < -0.39 is 0 Å². The predicted molar refractivity (Wildman–Crippen MR) is 112 cm³/mol. The van der Waals surface area contributed by atoms with Crippen LogP contribution in [0, 0.1) is 5.92 Å². The lowest BCUT2D eigenvalue weighted by molar-refractivity contribution is -0.125. The van der Waals surface area contributed by atoms with Crippen molar-refractivity contribution in [2.45, 2.75) is 63.6 Å². The largest absolute Gasteiger partial charge is 0.445 e. The van der Waals surface area contributed by atoms with Crippen LogP contribution in [0.15, 0.2) is 60.7 Å². The molecule has 4 heteroatoms. The van der Waals surface area contributed by atoms with Crippen molar-refractivity contribution in [2.24, 2.45) is 5.92 Å². The van der Waals surface area contributed by atoms with Gasteiger partial charge in [-0.25, -0.2) is 4.79 Å². The molecule has 2 unspecified atom stereocenters. The molecule has 0 aliphatic carbocycles. The van der Waals surface area contributed by atoms with Crippen LogP contribution in [0.5, 0.6) is 0 Å². The maximum atomic E-state index is 12.8. The van der Waals surface area contributed by atoms with E-state index in [0.29, 0.717) is 18.8 Å². The molecular weight excluding hydrogens is 362 g/mol. The molecular formula is C25H29NO3. The number of amides is 1. The zero-order valence-corrected chi connectivity index (χ0v) is 16.8. The number of rotatable bonds is 7. The third kappa shape index (κ3) is 4.87. The molecule has 2 aliphatic heterocycles. The van der Waals surface area contributed by atoms with E-state index in [0.717, 1.165) is 44.1 Å². The van der Waals surface area contributed by atoms with Gasteiger partial charge < -0.3 is 9.64 Å². The van der Waals surface area contributed by atoms with E-state index in [-0.39, 0.29) is 24.1 Å². The van der Waals surface area contributed by atoms with Gasteiger partial charge in [-0.15, -0.1) is 0 Å². The molecule has 2 atom stereocenters. The molecule has 4 rings (SSSR count). The zero-order valence-electron chi connectivity index (χ0n) is 16.8. The molecule has 0 saturated carbocycles. The van der Waals surface area contributed by atoms with E-state index in [1.165, 1.54) is 5.56 Å². The van der Waals surface area contributed by atoms with Crippen LogP contribution in [0.4, 0.5) is 4.79 Å². The van der Waals surface area contributed by atoms with Crippen LogP contribution >= 0.6 is 0 Å². The molecule has 0 radical (unpaired) electrons. The van der Waals surface area contributed by atoms with Crippen molar-refractivity contribution in [3.8, 4) is 0 Å².